The molecule has 100 valence electrons. The molecule has 1 heterocycles. The van der Waals surface area contributed by atoms with Gasteiger partial charge in [-0.25, -0.2) is 4.98 Å². The standard InChI is InChI=1S/C16H20N2S/c1-12-17-16(11-19-12)13-7-9-15(10-8-13)18-14-5-3-2-4-6-14/h7-11,14,18H,2-6H2,1H3. The van der Waals surface area contributed by atoms with E-state index in [1.807, 2.05) is 6.92 Å². The van der Waals surface area contributed by atoms with Crippen molar-refractivity contribution in [2.24, 2.45) is 0 Å². The van der Waals surface area contributed by atoms with Crippen LogP contribution in [-0.2, 0) is 0 Å². The first-order valence-corrected chi connectivity index (χ1v) is 7.98. The molecular formula is C16H20N2S. The van der Waals surface area contributed by atoms with Crippen LogP contribution in [0.25, 0.3) is 11.3 Å². The van der Waals surface area contributed by atoms with E-state index in [0.717, 1.165) is 10.7 Å². The van der Waals surface area contributed by atoms with Crippen molar-refractivity contribution in [1.82, 2.24) is 4.98 Å². The molecule has 1 aromatic heterocycles. The van der Waals surface area contributed by atoms with Gasteiger partial charge >= 0.3 is 0 Å². The van der Waals surface area contributed by atoms with E-state index in [-0.39, 0.29) is 0 Å². The molecule has 0 unspecified atom stereocenters. The SMILES string of the molecule is Cc1nc(-c2ccc(NC3CCCCC3)cc2)cs1. The van der Waals surface area contributed by atoms with E-state index in [2.05, 4.69) is 39.9 Å². The van der Waals surface area contributed by atoms with Gasteiger partial charge in [-0.3, -0.25) is 0 Å². The quantitative estimate of drug-likeness (QED) is 0.862. The summed E-state index contributed by atoms with van der Waals surface area (Å²) in [4.78, 5) is 4.52. The topological polar surface area (TPSA) is 24.9 Å². The molecule has 0 spiro atoms. The first kappa shape index (κ1) is 12.7. The van der Waals surface area contributed by atoms with E-state index in [0.29, 0.717) is 6.04 Å². The van der Waals surface area contributed by atoms with E-state index in [1.165, 1.54) is 43.4 Å². The monoisotopic (exact) mass is 272 g/mol. The van der Waals surface area contributed by atoms with E-state index in [1.54, 1.807) is 11.3 Å². The zero-order chi connectivity index (χ0) is 13.1. The van der Waals surface area contributed by atoms with Crippen molar-refractivity contribution in [2.75, 3.05) is 5.32 Å². The largest absolute Gasteiger partial charge is 0.382 e. The molecule has 1 N–H and O–H groups in total. The van der Waals surface area contributed by atoms with E-state index < -0.39 is 0 Å². The Morgan fingerprint density at radius 3 is 2.47 bits per heavy atom. The lowest BCUT2D eigenvalue weighted by Crippen LogP contribution is -2.22. The Labute approximate surface area is 118 Å². The third-order valence-electron chi connectivity index (χ3n) is 3.78. The summed E-state index contributed by atoms with van der Waals surface area (Å²) in [6.45, 7) is 2.05. The Morgan fingerprint density at radius 2 is 1.84 bits per heavy atom. The van der Waals surface area contributed by atoms with Gasteiger partial charge in [-0.15, -0.1) is 11.3 Å². The molecule has 0 radical (unpaired) electrons. The Kier molecular flexibility index (Phi) is 3.83. The molecule has 0 bridgehead atoms. The minimum absolute atomic E-state index is 0.668. The lowest BCUT2D eigenvalue weighted by molar-refractivity contribution is 0.463. The van der Waals surface area contributed by atoms with Gasteiger partial charge in [-0.1, -0.05) is 31.4 Å². The summed E-state index contributed by atoms with van der Waals surface area (Å²) in [5, 5.41) is 6.90. The van der Waals surface area contributed by atoms with Crippen LogP contribution in [0.2, 0.25) is 0 Å². The van der Waals surface area contributed by atoms with Crippen molar-refractivity contribution >= 4 is 17.0 Å². The summed E-state index contributed by atoms with van der Waals surface area (Å²) in [5.41, 5.74) is 3.54. The van der Waals surface area contributed by atoms with Crippen LogP contribution in [-0.4, -0.2) is 11.0 Å². The molecule has 0 saturated heterocycles. The number of aromatic nitrogens is 1. The van der Waals surface area contributed by atoms with Gasteiger partial charge in [0.1, 0.15) is 0 Å². The number of anilines is 1. The van der Waals surface area contributed by atoms with Crippen molar-refractivity contribution in [3.8, 4) is 11.3 Å². The number of hydrogen-bond donors (Lipinski definition) is 1. The summed E-state index contributed by atoms with van der Waals surface area (Å²) in [6.07, 6.45) is 6.77. The van der Waals surface area contributed by atoms with Crippen molar-refractivity contribution in [2.45, 2.75) is 45.1 Å². The minimum Gasteiger partial charge on any atom is -0.382 e. The van der Waals surface area contributed by atoms with Crippen LogP contribution >= 0.6 is 11.3 Å². The van der Waals surface area contributed by atoms with Crippen molar-refractivity contribution in [3.05, 3.63) is 34.7 Å². The maximum Gasteiger partial charge on any atom is 0.0901 e. The van der Waals surface area contributed by atoms with Gasteiger partial charge in [-0.05, 0) is 31.9 Å². The Balaban J connectivity index is 1.68. The summed E-state index contributed by atoms with van der Waals surface area (Å²) < 4.78 is 0. The van der Waals surface area contributed by atoms with Crippen LogP contribution in [0.5, 0.6) is 0 Å². The van der Waals surface area contributed by atoms with Crippen molar-refractivity contribution in [3.63, 3.8) is 0 Å². The molecule has 1 saturated carbocycles. The van der Waals surface area contributed by atoms with Crippen LogP contribution in [0, 0.1) is 6.92 Å². The Hall–Kier alpha value is -1.35. The maximum atomic E-state index is 4.52. The smallest absolute Gasteiger partial charge is 0.0901 e. The third-order valence-corrected chi connectivity index (χ3v) is 4.55. The summed E-state index contributed by atoms with van der Waals surface area (Å²) in [7, 11) is 0. The third kappa shape index (κ3) is 3.16. The molecule has 1 aliphatic rings. The van der Waals surface area contributed by atoms with Gasteiger partial charge in [0, 0.05) is 22.7 Å². The molecule has 1 fully saturated rings. The highest BCUT2D eigenvalue weighted by atomic mass is 32.1. The highest BCUT2D eigenvalue weighted by molar-refractivity contribution is 7.09. The number of rotatable bonds is 3. The summed E-state index contributed by atoms with van der Waals surface area (Å²) in [6, 6.07) is 9.36. The second-order valence-electron chi connectivity index (χ2n) is 5.31. The highest BCUT2D eigenvalue weighted by Gasteiger charge is 2.12. The average molecular weight is 272 g/mol. The van der Waals surface area contributed by atoms with Gasteiger partial charge < -0.3 is 5.32 Å². The predicted molar refractivity (Wildman–Crippen MR) is 82.8 cm³/mol. The second-order valence-corrected chi connectivity index (χ2v) is 6.37. The fourth-order valence-electron chi connectivity index (χ4n) is 2.72. The first-order chi connectivity index (χ1) is 9.31. The molecule has 1 aliphatic carbocycles. The predicted octanol–water partition coefficient (Wildman–Crippen LogP) is 4.86. The average Bonchev–Trinajstić information content (AvgIpc) is 2.87. The van der Waals surface area contributed by atoms with E-state index in [9.17, 15) is 0 Å². The molecule has 3 heteroatoms. The fraction of sp³-hybridized carbons (Fsp3) is 0.438. The summed E-state index contributed by atoms with van der Waals surface area (Å²) in [5.74, 6) is 0. The van der Waals surface area contributed by atoms with Crippen LogP contribution in [0.1, 0.15) is 37.1 Å². The molecule has 19 heavy (non-hydrogen) atoms. The van der Waals surface area contributed by atoms with Gasteiger partial charge in [-0.2, -0.15) is 0 Å². The number of nitrogens with zero attached hydrogens (tertiary/aromatic N) is 1. The lowest BCUT2D eigenvalue weighted by Gasteiger charge is -2.23. The molecular weight excluding hydrogens is 252 g/mol. The van der Waals surface area contributed by atoms with E-state index >= 15 is 0 Å². The minimum atomic E-state index is 0.668. The zero-order valence-electron chi connectivity index (χ0n) is 11.4. The zero-order valence-corrected chi connectivity index (χ0v) is 12.2. The van der Waals surface area contributed by atoms with Gasteiger partial charge in [0.15, 0.2) is 0 Å². The first-order valence-electron chi connectivity index (χ1n) is 7.10. The number of nitrogens with one attached hydrogen (secondary N) is 1. The number of benzene rings is 1. The molecule has 1 aromatic carbocycles. The van der Waals surface area contributed by atoms with Crippen LogP contribution in [0.3, 0.4) is 0 Å². The number of aryl methyl sites for hydroxylation is 1. The molecule has 0 amide bonds. The van der Waals surface area contributed by atoms with Crippen molar-refractivity contribution in [1.29, 1.82) is 0 Å². The summed E-state index contributed by atoms with van der Waals surface area (Å²) >= 11 is 1.71. The molecule has 0 atom stereocenters. The number of hydrogen-bond acceptors (Lipinski definition) is 3. The maximum absolute atomic E-state index is 4.52. The Bertz CT molecular complexity index is 524. The molecule has 2 aromatic rings. The fourth-order valence-corrected chi connectivity index (χ4v) is 3.34. The second kappa shape index (κ2) is 5.74. The van der Waals surface area contributed by atoms with E-state index in [4.69, 9.17) is 0 Å². The van der Waals surface area contributed by atoms with Gasteiger partial charge in [0.2, 0.25) is 0 Å². The van der Waals surface area contributed by atoms with Crippen molar-refractivity contribution < 1.29 is 0 Å². The normalized spacial score (nSPS) is 16.5. The highest BCUT2D eigenvalue weighted by Crippen LogP contribution is 2.25. The molecule has 0 aliphatic heterocycles. The number of thiazole rings is 1. The van der Waals surface area contributed by atoms with Crippen LogP contribution < -0.4 is 5.32 Å². The Morgan fingerprint density at radius 1 is 1.11 bits per heavy atom. The lowest BCUT2D eigenvalue weighted by atomic mass is 9.95. The molecule has 3 rings (SSSR count). The van der Waals surface area contributed by atoms with Crippen LogP contribution in [0.4, 0.5) is 5.69 Å². The molecule has 2 nitrogen and oxygen atoms in total. The van der Waals surface area contributed by atoms with Gasteiger partial charge in [0.25, 0.3) is 0 Å². The van der Waals surface area contributed by atoms with Gasteiger partial charge in [0.05, 0.1) is 10.7 Å². The van der Waals surface area contributed by atoms with Crippen LogP contribution in [0.15, 0.2) is 29.6 Å².